The van der Waals surface area contributed by atoms with Gasteiger partial charge in [-0.25, -0.2) is 4.99 Å². The Labute approximate surface area is 175 Å². The van der Waals surface area contributed by atoms with Gasteiger partial charge in [0.2, 0.25) is 11.9 Å². The fraction of sp³-hybridized carbons (Fsp3) is 0.348. The zero-order valence-corrected chi connectivity index (χ0v) is 17.1. The Balaban J connectivity index is 1.72. The number of para-hydroxylation sites is 1. The predicted octanol–water partition coefficient (Wildman–Crippen LogP) is 2.46. The van der Waals surface area contributed by atoms with Crippen LogP contribution in [0.3, 0.4) is 0 Å². The first-order chi connectivity index (χ1) is 14.6. The summed E-state index contributed by atoms with van der Waals surface area (Å²) < 4.78 is 10.7. The van der Waals surface area contributed by atoms with Gasteiger partial charge < -0.3 is 14.4 Å². The highest BCUT2D eigenvalue weighted by Crippen LogP contribution is 2.36. The maximum Gasteiger partial charge on any atom is 0.321 e. The zero-order valence-electron chi connectivity index (χ0n) is 17.1. The lowest BCUT2D eigenvalue weighted by molar-refractivity contribution is -0.153. The summed E-state index contributed by atoms with van der Waals surface area (Å²) in [5.41, 5.74) is 3.20. The minimum absolute atomic E-state index is 0.195. The molecule has 2 aliphatic rings. The number of carbonyl (C=O) groups excluding carboxylic acids is 2. The number of methoxy groups -OCH3 is 1. The van der Waals surface area contributed by atoms with Crippen molar-refractivity contribution in [3.05, 3.63) is 65.2 Å². The Morgan fingerprint density at radius 2 is 1.90 bits per heavy atom. The van der Waals surface area contributed by atoms with Crippen molar-refractivity contribution >= 4 is 17.8 Å². The maximum atomic E-state index is 13.0. The molecule has 0 bridgehead atoms. The number of nitrogens with zero attached hydrogens (tertiary/aromatic N) is 2. The number of ether oxygens (including phenoxy) is 2. The van der Waals surface area contributed by atoms with Crippen molar-refractivity contribution in [2.75, 3.05) is 20.3 Å². The van der Waals surface area contributed by atoms with Gasteiger partial charge >= 0.3 is 5.97 Å². The summed E-state index contributed by atoms with van der Waals surface area (Å²) in [5, 5.41) is 2.84. The van der Waals surface area contributed by atoms with Gasteiger partial charge in [0.05, 0.1) is 13.7 Å². The fourth-order valence-electron chi connectivity index (χ4n) is 4.03. The van der Waals surface area contributed by atoms with E-state index < -0.39 is 23.8 Å². The number of hydrogen-bond acceptors (Lipinski definition) is 6. The first-order valence-electron chi connectivity index (χ1n) is 10.1. The molecule has 156 valence electrons. The van der Waals surface area contributed by atoms with Gasteiger partial charge in [0.1, 0.15) is 11.8 Å². The second kappa shape index (κ2) is 8.57. The summed E-state index contributed by atoms with van der Waals surface area (Å²) in [6, 6.07) is 14.9. The van der Waals surface area contributed by atoms with Gasteiger partial charge in [-0.3, -0.25) is 14.9 Å². The highest BCUT2D eigenvalue weighted by atomic mass is 16.5. The second-order valence-corrected chi connectivity index (χ2v) is 7.30. The van der Waals surface area contributed by atoms with Crippen LogP contribution in [0.4, 0.5) is 0 Å². The van der Waals surface area contributed by atoms with Crippen molar-refractivity contribution in [3.63, 3.8) is 0 Å². The van der Waals surface area contributed by atoms with E-state index in [-0.39, 0.29) is 6.61 Å². The van der Waals surface area contributed by atoms with Gasteiger partial charge in [0.25, 0.3) is 0 Å². The zero-order chi connectivity index (χ0) is 21.1. The van der Waals surface area contributed by atoms with E-state index in [9.17, 15) is 9.59 Å². The normalized spacial score (nSPS) is 20.7. The maximum absolute atomic E-state index is 13.0. The van der Waals surface area contributed by atoms with E-state index in [1.54, 1.807) is 20.1 Å². The van der Waals surface area contributed by atoms with Crippen LogP contribution in [0.1, 0.15) is 29.7 Å². The first kappa shape index (κ1) is 19.9. The van der Waals surface area contributed by atoms with E-state index in [1.807, 2.05) is 35.2 Å². The number of aliphatic imine (C=N–C) groups is 1. The van der Waals surface area contributed by atoms with Crippen molar-refractivity contribution in [1.82, 2.24) is 10.2 Å². The Kier molecular flexibility index (Phi) is 5.70. The standard InChI is InChI=1S/C23H25N3O4/c1-3-30-22(28)19-20(17-10-6-7-11-18(17)29-2)24-23(25-21(19)27)26-13-12-15-8-4-5-9-16(15)14-26/h4-11,19-20H,3,12-14H2,1-2H3,(H,24,25,27)/t19-,20-/m1/s1. The molecule has 0 unspecified atom stereocenters. The van der Waals surface area contributed by atoms with Crippen molar-refractivity contribution in [3.8, 4) is 5.75 Å². The number of fused-ring (bicyclic) bond motifs is 1. The molecule has 0 saturated heterocycles. The molecule has 7 heteroatoms. The van der Waals surface area contributed by atoms with Gasteiger partial charge in [0, 0.05) is 18.7 Å². The van der Waals surface area contributed by atoms with Crippen LogP contribution in [0.5, 0.6) is 5.75 Å². The van der Waals surface area contributed by atoms with Crippen molar-refractivity contribution in [2.45, 2.75) is 25.9 Å². The van der Waals surface area contributed by atoms with E-state index in [1.165, 1.54) is 11.1 Å². The molecule has 2 heterocycles. The SMILES string of the molecule is CCOC(=O)[C@H]1C(=O)NC(N2CCc3ccccc3C2)=N[C@@H]1c1ccccc1OC. The average molecular weight is 407 g/mol. The Bertz CT molecular complexity index is 988. The number of esters is 1. The number of benzene rings is 2. The van der Waals surface area contributed by atoms with E-state index >= 15 is 0 Å². The number of carbonyl (C=O) groups is 2. The number of hydrogen-bond donors (Lipinski definition) is 1. The lowest BCUT2D eigenvalue weighted by atomic mass is 9.90. The minimum atomic E-state index is -1.07. The average Bonchev–Trinajstić information content (AvgIpc) is 2.78. The monoisotopic (exact) mass is 407 g/mol. The molecule has 2 aromatic carbocycles. The van der Waals surface area contributed by atoms with Crippen molar-refractivity contribution < 1.29 is 19.1 Å². The summed E-state index contributed by atoms with van der Waals surface area (Å²) in [6.45, 7) is 3.30. The third-order valence-corrected chi connectivity index (χ3v) is 5.52. The molecule has 2 aromatic rings. The van der Waals surface area contributed by atoms with Crippen LogP contribution < -0.4 is 10.1 Å². The molecule has 2 aliphatic heterocycles. The molecule has 0 radical (unpaired) electrons. The number of rotatable bonds is 4. The molecule has 0 aliphatic carbocycles. The quantitative estimate of drug-likeness (QED) is 0.622. The molecule has 0 spiro atoms. The molecular weight excluding hydrogens is 382 g/mol. The van der Waals surface area contributed by atoms with Crippen LogP contribution in [0.25, 0.3) is 0 Å². The summed E-state index contributed by atoms with van der Waals surface area (Å²) in [4.78, 5) is 32.5. The van der Waals surface area contributed by atoms with Crippen molar-refractivity contribution in [2.24, 2.45) is 10.9 Å². The van der Waals surface area contributed by atoms with Gasteiger partial charge in [-0.1, -0.05) is 42.5 Å². The third-order valence-electron chi connectivity index (χ3n) is 5.52. The van der Waals surface area contributed by atoms with Crippen LogP contribution in [0, 0.1) is 5.92 Å². The molecule has 0 aromatic heterocycles. The van der Waals surface area contributed by atoms with Crippen LogP contribution in [-0.4, -0.2) is 43.0 Å². The first-order valence-corrected chi connectivity index (χ1v) is 10.1. The summed E-state index contributed by atoms with van der Waals surface area (Å²) in [7, 11) is 1.56. The Hall–Kier alpha value is -3.35. The summed E-state index contributed by atoms with van der Waals surface area (Å²) in [5.74, 6) is -1.00. The molecule has 30 heavy (non-hydrogen) atoms. The van der Waals surface area contributed by atoms with Crippen molar-refractivity contribution in [1.29, 1.82) is 0 Å². The molecule has 0 fully saturated rings. The van der Waals surface area contributed by atoms with Gasteiger partial charge in [-0.2, -0.15) is 0 Å². The fourth-order valence-corrected chi connectivity index (χ4v) is 4.03. The van der Waals surface area contributed by atoms with E-state index in [4.69, 9.17) is 14.5 Å². The number of amides is 1. The predicted molar refractivity (Wildman–Crippen MR) is 112 cm³/mol. The molecule has 4 rings (SSSR count). The largest absolute Gasteiger partial charge is 0.496 e. The van der Waals surface area contributed by atoms with Crippen LogP contribution >= 0.6 is 0 Å². The molecule has 2 atom stereocenters. The summed E-state index contributed by atoms with van der Waals surface area (Å²) in [6.07, 6.45) is 0.867. The highest BCUT2D eigenvalue weighted by Gasteiger charge is 2.43. The van der Waals surface area contributed by atoms with E-state index in [0.717, 1.165) is 13.0 Å². The van der Waals surface area contributed by atoms with Gasteiger partial charge in [0.15, 0.2) is 5.92 Å². The molecule has 1 amide bonds. The summed E-state index contributed by atoms with van der Waals surface area (Å²) >= 11 is 0. The Morgan fingerprint density at radius 1 is 1.17 bits per heavy atom. The lowest BCUT2D eigenvalue weighted by Gasteiger charge is -2.36. The highest BCUT2D eigenvalue weighted by molar-refractivity contribution is 6.08. The molecule has 1 N–H and O–H groups in total. The van der Waals surface area contributed by atoms with Gasteiger partial charge in [-0.05, 0) is 30.5 Å². The van der Waals surface area contributed by atoms with Crippen LogP contribution in [0.2, 0.25) is 0 Å². The van der Waals surface area contributed by atoms with Gasteiger partial charge in [-0.15, -0.1) is 0 Å². The molecule has 0 saturated carbocycles. The Morgan fingerprint density at radius 3 is 2.67 bits per heavy atom. The second-order valence-electron chi connectivity index (χ2n) is 7.30. The topological polar surface area (TPSA) is 80.2 Å². The molecule has 7 nitrogen and oxygen atoms in total. The lowest BCUT2D eigenvalue weighted by Crippen LogP contribution is -2.53. The van der Waals surface area contributed by atoms with E-state index in [2.05, 4.69) is 17.4 Å². The van der Waals surface area contributed by atoms with E-state index in [0.29, 0.717) is 23.8 Å². The van der Waals surface area contributed by atoms with Crippen LogP contribution in [-0.2, 0) is 27.3 Å². The minimum Gasteiger partial charge on any atom is -0.496 e. The van der Waals surface area contributed by atoms with Crippen LogP contribution in [0.15, 0.2) is 53.5 Å². The number of guanidine groups is 1. The third kappa shape index (κ3) is 3.75. The smallest absolute Gasteiger partial charge is 0.321 e. The molecular formula is C23H25N3O4. The number of nitrogens with one attached hydrogen (secondary N) is 1.